The van der Waals surface area contributed by atoms with Crippen LogP contribution >= 0.6 is 11.3 Å². The molecule has 6 nitrogen and oxygen atoms in total. The maximum Gasteiger partial charge on any atom is 0.341 e. The molecule has 0 radical (unpaired) electrons. The lowest BCUT2D eigenvalue weighted by atomic mass is 10.1. The minimum atomic E-state index is -0.573. The highest BCUT2D eigenvalue weighted by Crippen LogP contribution is 2.35. The van der Waals surface area contributed by atoms with Crippen molar-refractivity contribution >= 4 is 45.0 Å². The molecule has 2 aromatic heterocycles. The molecule has 0 saturated carbocycles. The summed E-state index contributed by atoms with van der Waals surface area (Å²) in [5.74, 6) is -1.06. The molecule has 0 aliphatic rings. The molecule has 1 aromatic carbocycles. The van der Waals surface area contributed by atoms with E-state index in [2.05, 4.69) is 5.32 Å². The first-order chi connectivity index (χ1) is 13.2. The highest BCUT2D eigenvalue weighted by molar-refractivity contribution is 7.18. The number of nitrogens with one attached hydrogen (secondary N) is 1. The number of ether oxygens (including phenoxy) is 1. The second kappa shape index (κ2) is 7.59. The fraction of sp³-hybridized carbons (Fsp3) is 0.286. The fourth-order valence-electron chi connectivity index (χ4n) is 3.10. The van der Waals surface area contributed by atoms with Crippen LogP contribution in [0.4, 0.5) is 5.00 Å². The van der Waals surface area contributed by atoms with Crippen LogP contribution in [-0.2, 0) is 4.74 Å². The number of Topliss-reactive ketones (excluding diaryl/α,β-unsaturated/α-hetero) is 1. The molecule has 28 heavy (non-hydrogen) atoms. The average molecular weight is 399 g/mol. The van der Waals surface area contributed by atoms with Gasteiger partial charge in [0.25, 0.3) is 5.91 Å². The molecule has 1 N–H and O–H groups in total. The second-order valence-corrected chi connectivity index (χ2v) is 7.57. The number of carbonyl (C=O) groups excluding carboxylic acids is 3. The van der Waals surface area contributed by atoms with Crippen molar-refractivity contribution in [1.29, 1.82) is 0 Å². The molecular formula is C21H21NO5S. The highest BCUT2D eigenvalue weighted by atomic mass is 32.1. The Bertz CT molecular complexity index is 1110. The van der Waals surface area contributed by atoms with Gasteiger partial charge in [0.15, 0.2) is 11.5 Å². The lowest BCUT2D eigenvalue weighted by Crippen LogP contribution is -2.15. The van der Waals surface area contributed by atoms with Gasteiger partial charge in [-0.3, -0.25) is 9.59 Å². The van der Waals surface area contributed by atoms with Gasteiger partial charge in [-0.15, -0.1) is 11.3 Å². The van der Waals surface area contributed by atoms with Gasteiger partial charge in [-0.1, -0.05) is 11.6 Å². The number of carbonyl (C=O) groups is 3. The van der Waals surface area contributed by atoms with Gasteiger partial charge >= 0.3 is 5.97 Å². The molecule has 0 saturated heterocycles. The number of furan rings is 1. The first-order valence-electron chi connectivity index (χ1n) is 8.87. The van der Waals surface area contributed by atoms with E-state index in [4.69, 9.17) is 9.15 Å². The second-order valence-electron chi connectivity index (χ2n) is 6.55. The summed E-state index contributed by atoms with van der Waals surface area (Å²) >= 11 is 1.06. The normalized spacial score (nSPS) is 10.9. The van der Waals surface area contributed by atoms with Crippen LogP contribution in [0, 0.1) is 20.8 Å². The van der Waals surface area contributed by atoms with Crippen molar-refractivity contribution in [3.8, 4) is 0 Å². The first kappa shape index (κ1) is 19.8. The summed E-state index contributed by atoms with van der Waals surface area (Å²) in [6.07, 6.45) is 0. The van der Waals surface area contributed by atoms with Crippen LogP contribution in [0.1, 0.15) is 61.1 Å². The number of aryl methyl sites for hydroxylation is 2. The van der Waals surface area contributed by atoms with Crippen LogP contribution in [0.25, 0.3) is 11.0 Å². The molecule has 7 heteroatoms. The summed E-state index contributed by atoms with van der Waals surface area (Å²) in [4.78, 5) is 37.6. The van der Waals surface area contributed by atoms with E-state index in [1.807, 2.05) is 32.0 Å². The third-order valence-electron chi connectivity index (χ3n) is 4.47. The van der Waals surface area contributed by atoms with E-state index in [0.717, 1.165) is 22.3 Å². The zero-order valence-electron chi connectivity index (χ0n) is 16.4. The van der Waals surface area contributed by atoms with Gasteiger partial charge in [0.05, 0.1) is 17.0 Å². The predicted octanol–water partition coefficient (Wildman–Crippen LogP) is 5.05. The summed E-state index contributed by atoms with van der Waals surface area (Å²) in [5.41, 5.74) is 3.10. The summed E-state index contributed by atoms with van der Waals surface area (Å²) in [6.45, 7) is 8.76. The molecule has 0 bridgehead atoms. The van der Waals surface area contributed by atoms with E-state index in [-0.39, 0.29) is 28.7 Å². The molecule has 0 atom stereocenters. The monoisotopic (exact) mass is 399 g/mol. The number of hydrogen-bond donors (Lipinski definition) is 1. The molecule has 0 unspecified atom stereocenters. The standard InChI is InChI=1S/C21H21NO5S/c1-6-26-21(25)16-12(4)18(13(5)23)28-20(16)22-19(24)17-11(3)14-9-10(2)7-8-15(14)27-17/h7-9H,6H2,1-5H3,(H,22,24). The van der Waals surface area contributed by atoms with Crippen molar-refractivity contribution in [2.75, 3.05) is 11.9 Å². The molecule has 1 amide bonds. The van der Waals surface area contributed by atoms with Crippen molar-refractivity contribution in [3.63, 3.8) is 0 Å². The molecule has 146 valence electrons. The number of rotatable bonds is 5. The van der Waals surface area contributed by atoms with Crippen molar-refractivity contribution < 1.29 is 23.5 Å². The van der Waals surface area contributed by atoms with E-state index < -0.39 is 11.9 Å². The Balaban J connectivity index is 2.02. The van der Waals surface area contributed by atoms with Gasteiger partial charge in [0.2, 0.25) is 0 Å². The van der Waals surface area contributed by atoms with E-state index in [1.165, 1.54) is 6.92 Å². The van der Waals surface area contributed by atoms with Crippen molar-refractivity contribution in [2.45, 2.75) is 34.6 Å². The highest BCUT2D eigenvalue weighted by Gasteiger charge is 2.27. The Morgan fingerprint density at radius 2 is 1.86 bits per heavy atom. The number of anilines is 1. The fourth-order valence-corrected chi connectivity index (χ4v) is 4.18. The van der Waals surface area contributed by atoms with E-state index in [9.17, 15) is 14.4 Å². The minimum Gasteiger partial charge on any atom is -0.462 e. The largest absolute Gasteiger partial charge is 0.462 e. The summed E-state index contributed by atoms with van der Waals surface area (Å²) in [6, 6.07) is 5.69. The zero-order valence-corrected chi connectivity index (χ0v) is 17.2. The third-order valence-corrected chi connectivity index (χ3v) is 5.78. The van der Waals surface area contributed by atoms with Gasteiger partial charge in [-0.2, -0.15) is 0 Å². The number of esters is 1. The topological polar surface area (TPSA) is 85.6 Å². The van der Waals surface area contributed by atoms with Gasteiger partial charge in [-0.05, 0) is 52.3 Å². The van der Waals surface area contributed by atoms with Gasteiger partial charge in [0.1, 0.15) is 10.6 Å². The molecule has 0 aliphatic heterocycles. The molecule has 3 rings (SSSR count). The number of fused-ring (bicyclic) bond motifs is 1. The molecule has 0 aliphatic carbocycles. The molecule has 3 aromatic rings. The quantitative estimate of drug-likeness (QED) is 0.479. The summed E-state index contributed by atoms with van der Waals surface area (Å²) < 4.78 is 10.8. The Morgan fingerprint density at radius 3 is 2.50 bits per heavy atom. The number of thiophene rings is 1. The molecular weight excluding hydrogens is 378 g/mol. The van der Waals surface area contributed by atoms with Gasteiger partial charge < -0.3 is 14.5 Å². The lowest BCUT2D eigenvalue weighted by Gasteiger charge is -2.06. The van der Waals surface area contributed by atoms with Crippen LogP contribution in [0.3, 0.4) is 0 Å². The SMILES string of the molecule is CCOC(=O)c1c(NC(=O)c2oc3ccc(C)cc3c2C)sc(C(C)=O)c1C. The Morgan fingerprint density at radius 1 is 1.14 bits per heavy atom. The molecule has 0 spiro atoms. The minimum absolute atomic E-state index is 0.172. The van der Waals surface area contributed by atoms with Crippen LogP contribution in [0.5, 0.6) is 0 Å². The van der Waals surface area contributed by atoms with E-state index >= 15 is 0 Å². The van der Waals surface area contributed by atoms with Crippen molar-refractivity contribution in [1.82, 2.24) is 0 Å². The molecule has 2 heterocycles. The van der Waals surface area contributed by atoms with Crippen LogP contribution in [0.15, 0.2) is 22.6 Å². The van der Waals surface area contributed by atoms with Crippen LogP contribution in [0.2, 0.25) is 0 Å². The van der Waals surface area contributed by atoms with Gasteiger partial charge in [0, 0.05) is 10.9 Å². The number of benzene rings is 1. The van der Waals surface area contributed by atoms with Crippen molar-refractivity contribution in [3.05, 3.63) is 51.1 Å². The van der Waals surface area contributed by atoms with Crippen molar-refractivity contribution in [2.24, 2.45) is 0 Å². The molecule has 0 fully saturated rings. The third kappa shape index (κ3) is 3.45. The number of amides is 1. The number of hydrogen-bond acceptors (Lipinski definition) is 6. The summed E-state index contributed by atoms with van der Waals surface area (Å²) in [5, 5.41) is 3.87. The smallest absolute Gasteiger partial charge is 0.341 e. The average Bonchev–Trinajstić information content (AvgIpc) is 3.13. The van der Waals surface area contributed by atoms with E-state index in [0.29, 0.717) is 21.6 Å². The zero-order chi connectivity index (χ0) is 20.6. The van der Waals surface area contributed by atoms with E-state index in [1.54, 1.807) is 13.8 Å². The maximum atomic E-state index is 12.9. The van der Waals surface area contributed by atoms with Gasteiger partial charge in [-0.25, -0.2) is 4.79 Å². The predicted molar refractivity (Wildman–Crippen MR) is 109 cm³/mol. The lowest BCUT2D eigenvalue weighted by molar-refractivity contribution is 0.0527. The van der Waals surface area contributed by atoms with Crippen LogP contribution < -0.4 is 5.32 Å². The van der Waals surface area contributed by atoms with Crippen LogP contribution in [-0.4, -0.2) is 24.3 Å². The maximum absolute atomic E-state index is 12.9. The first-order valence-corrected chi connectivity index (χ1v) is 9.68. The summed E-state index contributed by atoms with van der Waals surface area (Å²) in [7, 11) is 0. The Labute approximate surface area is 166 Å². The number of ketones is 1. The Hall–Kier alpha value is -2.93. The Kier molecular flexibility index (Phi) is 5.38.